The number of guanidine groups is 1. The molecule has 2 heterocycles. The van der Waals surface area contributed by atoms with Gasteiger partial charge in [0.1, 0.15) is 5.01 Å². The van der Waals surface area contributed by atoms with Crippen LogP contribution in [0, 0.1) is 0 Å². The molecule has 2 N–H and O–H groups in total. The fourth-order valence-electron chi connectivity index (χ4n) is 2.97. The van der Waals surface area contributed by atoms with E-state index in [0.717, 1.165) is 48.1 Å². The van der Waals surface area contributed by atoms with Crippen LogP contribution in [0.3, 0.4) is 0 Å². The summed E-state index contributed by atoms with van der Waals surface area (Å²) in [5.41, 5.74) is 2.09. The van der Waals surface area contributed by atoms with Gasteiger partial charge in [0.2, 0.25) is 5.91 Å². The van der Waals surface area contributed by atoms with Crippen LogP contribution in [-0.2, 0) is 24.3 Å². The molecule has 0 atom stereocenters. The predicted octanol–water partition coefficient (Wildman–Crippen LogP) is 3.09. The van der Waals surface area contributed by atoms with Crippen molar-refractivity contribution in [1.29, 1.82) is 0 Å². The molecule has 1 aliphatic heterocycles. The Kier molecular flexibility index (Phi) is 6.81. The van der Waals surface area contributed by atoms with Gasteiger partial charge in [-0.2, -0.15) is 0 Å². The van der Waals surface area contributed by atoms with Crippen molar-refractivity contribution in [1.82, 2.24) is 15.6 Å². The van der Waals surface area contributed by atoms with Gasteiger partial charge in [-0.25, -0.2) is 9.98 Å². The number of aryl methyl sites for hydroxylation is 1. The van der Waals surface area contributed by atoms with Crippen molar-refractivity contribution in [2.45, 2.75) is 46.2 Å². The number of rotatable bonds is 7. The second-order valence-electron chi connectivity index (χ2n) is 6.44. The lowest BCUT2D eigenvalue weighted by Gasteiger charge is -2.15. The Bertz CT molecular complexity index is 784. The van der Waals surface area contributed by atoms with Crippen molar-refractivity contribution in [3.63, 3.8) is 0 Å². The molecule has 3 rings (SSSR count). The molecule has 1 fully saturated rings. The smallest absolute Gasteiger partial charge is 0.227 e. The summed E-state index contributed by atoms with van der Waals surface area (Å²) in [4.78, 5) is 24.1. The molecule has 1 aliphatic rings. The van der Waals surface area contributed by atoms with Gasteiger partial charge in [-0.3, -0.25) is 4.79 Å². The fourth-order valence-corrected chi connectivity index (χ4v) is 3.77. The van der Waals surface area contributed by atoms with Crippen molar-refractivity contribution >= 4 is 28.9 Å². The van der Waals surface area contributed by atoms with Gasteiger partial charge in [0.15, 0.2) is 5.96 Å². The molecule has 2 aromatic rings. The molecule has 0 unspecified atom stereocenters. The van der Waals surface area contributed by atoms with Gasteiger partial charge in [-0.05, 0) is 37.5 Å². The first-order valence-electron chi connectivity index (χ1n) is 9.54. The Morgan fingerprint density at radius 1 is 1.26 bits per heavy atom. The second kappa shape index (κ2) is 9.50. The Morgan fingerprint density at radius 3 is 2.70 bits per heavy atom. The number of thiazole rings is 1. The number of anilines is 1. The van der Waals surface area contributed by atoms with E-state index in [0.29, 0.717) is 19.5 Å². The Hall–Kier alpha value is -2.41. The lowest BCUT2D eigenvalue weighted by Crippen LogP contribution is -2.36. The van der Waals surface area contributed by atoms with Crippen LogP contribution in [0.5, 0.6) is 0 Å². The van der Waals surface area contributed by atoms with Gasteiger partial charge in [0, 0.05) is 36.3 Å². The lowest BCUT2D eigenvalue weighted by atomic mass is 10.2. The van der Waals surface area contributed by atoms with E-state index < -0.39 is 0 Å². The van der Waals surface area contributed by atoms with Crippen LogP contribution in [0.1, 0.15) is 42.1 Å². The summed E-state index contributed by atoms with van der Waals surface area (Å²) in [6.45, 7) is 7.08. The average molecular weight is 386 g/mol. The van der Waals surface area contributed by atoms with Crippen molar-refractivity contribution in [2.24, 2.45) is 4.99 Å². The highest BCUT2D eigenvalue weighted by molar-refractivity contribution is 7.11. The maximum Gasteiger partial charge on any atom is 0.227 e. The molecule has 27 heavy (non-hydrogen) atoms. The van der Waals surface area contributed by atoms with Crippen molar-refractivity contribution < 1.29 is 4.79 Å². The monoisotopic (exact) mass is 385 g/mol. The third-order valence-electron chi connectivity index (χ3n) is 4.44. The maximum absolute atomic E-state index is 11.8. The van der Waals surface area contributed by atoms with Crippen LogP contribution < -0.4 is 15.5 Å². The van der Waals surface area contributed by atoms with E-state index in [2.05, 4.69) is 34.5 Å². The molecule has 1 aromatic heterocycles. The first-order chi connectivity index (χ1) is 13.2. The number of aliphatic imine (C=N–C) groups is 1. The standard InChI is InChI=1S/C20H27N5OS/c1-3-17-13-22-18(27-17)14-24-20(21-4-2)23-12-15-7-9-16(10-8-15)25-11-5-6-19(25)26/h7-10,13H,3-6,11-12,14H2,1-2H3,(H2,21,23,24). The number of hydrogen-bond acceptors (Lipinski definition) is 4. The number of carbonyl (C=O) groups excluding carboxylic acids is 1. The van der Waals surface area contributed by atoms with Crippen LogP contribution >= 0.6 is 11.3 Å². The van der Waals surface area contributed by atoms with Gasteiger partial charge < -0.3 is 15.5 Å². The van der Waals surface area contributed by atoms with Gasteiger partial charge >= 0.3 is 0 Å². The average Bonchev–Trinajstić information content (AvgIpc) is 3.33. The van der Waals surface area contributed by atoms with Gasteiger partial charge in [-0.1, -0.05) is 19.1 Å². The van der Waals surface area contributed by atoms with Gasteiger partial charge in [-0.15, -0.1) is 11.3 Å². The Labute approximate surface area is 164 Å². The van der Waals surface area contributed by atoms with Crippen molar-refractivity contribution in [3.05, 3.63) is 45.9 Å². The van der Waals surface area contributed by atoms with E-state index in [-0.39, 0.29) is 5.91 Å². The fraction of sp³-hybridized carbons (Fsp3) is 0.450. The number of hydrogen-bond donors (Lipinski definition) is 2. The van der Waals surface area contributed by atoms with Crippen LogP contribution in [-0.4, -0.2) is 29.9 Å². The van der Waals surface area contributed by atoms with E-state index in [9.17, 15) is 4.79 Å². The molecule has 6 nitrogen and oxygen atoms in total. The number of carbonyl (C=O) groups is 1. The molecule has 0 saturated carbocycles. The zero-order valence-corrected chi connectivity index (χ0v) is 16.8. The molecule has 0 radical (unpaired) electrons. The molecule has 0 aliphatic carbocycles. The third-order valence-corrected chi connectivity index (χ3v) is 5.58. The minimum absolute atomic E-state index is 0.216. The van der Waals surface area contributed by atoms with Crippen LogP contribution in [0.15, 0.2) is 35.5 Å². The number of nitrogens with zero attached hydrogens (tertiary/aromatic N) is 3. The topological polar surface area (TPSA) is 69.6 Å². The summed E-state index contributed by atoms with van der Waals surface area (Å²) >= 11 is 1.73. The number of aromatic nitrogens is 1. The second-order valence-corrected chi connectivity index (χ2v) is 7.64. The highest BCUT2D eigenvalue weighted by Crippen LogP contribution is 2.21. The summed E-state index contributed by atoms with van der Waals surface area (Å²) < 4.78 is 0. The number of benzene rings is 1. The summed E-state index contributed by atoms with van der Waals surface area (Å²) in [6.07, 6.45) is 4.56. The normalized spacial score (nSPS) is 14.7. The molecule has 7 heteroatoms. The summed E-state index contributed by atoms with van der Waals surface area (Å²) in [7, 11) is 0. The van der Waals surface area contributed by atoms with Crippen molar-refractivity contribution in [2.75, 3.05) is 18.0 Å². The van der Waals surface area contributed by atoms with Crippen LogP contribution in [0.2, 0.25) is 0 Å². The zero-order valence-electron chi connectivity index (χ0n) is 16.0. The van der Waals surface area contributed by atoms with Crippen molar-refractivity contribution in [3.8, 4) is 0 Å². The Morgan fingerprint density at radius 2 is 2.07 bits per heavy atom. The maximum atomic E-state index is 11.8. The summed E-state index contributed by atoms with van der Waals surface area (Å²) in [5.74, 6) is 0.998. The molecule has 144 valence electrons. The first kappa shape index (κ1) is 19.4. The SMILES string of the molecule is CCNC(=NCc1ccc(N2CCCC2=O)cc1)NCc1ncc(CC)s1. The number of nitrogens with one attached hydrogen (secondary N) is 2. The molecule has 1 aromatic carbocycles. The quantitative estimate of drug-likeness (QED) is 0.568. The number of amides is 1. The highest BCUT2D eigenvalue weighted by atomic mass is 32.1. The lowest BCUT2D eigenvalue weighted by molar-refractivity contribution is -0.117. The largest absolute Gasteiger partial charge is 0.357 e. The van der Waals surface area contributed by atoms with E-state index in [1.807, 2.05) is 35.4 Å². The Balaban J connectivity index is 1.57. The first-order valence-corrected chi connectivity index (χ1v) is 10.4. The molecule has 0 bridgehead atoms. The molecule has 1 saturated heterocycles. The summed E-state index contributed by atoms with van der Waals surface area (Å²) in [6, 6.07) is 8.11. The van der Waals surface area contributed by atoms with E-state index >= 15 is 0 Å². The highest BCUT2D eigenvalue weighted by Gasteiger charge is 2.21. The van der Waals surface area contributed by atoms with Gasteiger partial charge in [0.25, 0.3) is 0 Å². The molecule has 0 spiro atoms. The van der Waals surface area contributed by atoms with Crippen LogP contribution in [0.4, 0.5) is 5.69 Å². The third kappa shape index (κ3) is 5.29. The summed E-state index contributed by atoms with van der Waals surface area (Å²) in [5, 5.41) is 7.68. The van der Waals surface area contributed by atoms with Gasteiger partial charge in [0.05, 0.1) is 13.1 Å². The van der Waals surface area contributed by atoms with Crippen LogP contribution in [0.25, 0.3) is 0 Å². The minimum atomic E-state index is 0.216. The van der Waals surface area contributed by atoms with E-state index in [1.54, 1.807) is 11.3 Å². The van der Waals surface area contributed by atoms with E-state index in [1.165, 1.54) is 4.88 Å². The molecular weight excluding hydrogens is 358 g/mol. The predicted molar refractivity (Wildman–Crippen MR) is 111 cm³/mol. The molecular formula is C20H27N5OS. The minimum Gasteiger partial charge on any atom is -0.357 e. The van der Waals surface area contributed by atoms with E-state index in [4.69, 9.17) is 0 Å². The zero-order chi connectivity index (χ0) is 19.1. The molecule has 1 amide bonds.